The van der Waals surface area contributed by atoms with Crippen LogP contribution in [-0.4, -0.2) is 16.9 Å². The molecule has 0 aromatic rings. The largest absolute Gasteiger partial charge is 0.481 e. The van der Waals surface area contributed by atoms with E-state index in [2.05, 4.69) is 6.92 Å². The van der Waals surface area contributed by atoms with Crippen molar-refractivity contribution in [2.24, 2.45) is 0 Å². The first-order valence-corrected chi connectivity index (χ1v) is 10.2. The predicted octanol–water partition coefficient (Wildman–Crippen LogP) is 6.62. The molecule has 3 nitrogen and oxygen atoms in total. The van der Waals surface area contributed by atoms with Crippen molar-refractivity contribution < 1.29 is 14.7 Å². The number of carboxylic acids is 1. The molecule has 0 aliphatic heterocycles. The Bertz CT molecular complexity index is 383. The van der Waals surface area contributed by atoms with Crippen molar-refractivity contribution in [2.45, 2.75) is 103 Å². The first-order valence-electron chi connectivity index (χ1n) is 10.2. The molecular formula is C22H38O3. The number of hydrogen-bond donors (Lipinski definition) is 1. The Hall–Kier alpha value is -1.38. The van der Waals surface area contributed by atoms with E-state index >= 15 is 0 Å². The quantitative estimate of drug-likeness (QED) is 0.131. The fourth-order valence-electron chi connectivity index (χ4n) is 2.83. The maximum absolute atomic E-state index is 11.1. The molecule has 0 bridgehead atoms. The minimum absolute atomic E-state index is 0.363. The lowest BCUT2D eigenvalue weighted by atomic mass is 10.0. The monoisotopic (exact) mass is 350 g/mol. The van der Waals surface area contributed by atoms with Crippen molar-refractivity contribution >= 4 is 11.8 Å². The number of carbonyl (C=O) groups is 2. The topological polar surface area (TPSA) is 54.4 Å². The number of unbranched alkanes of at least 4 members (excludes halogenated alkanes) is 13. The van der Waals surface area contributed by atoms with Crippen LogP contribution in [0.25, 0.3) is 0 Å². The standard InChI is InChI=1S/C22H38O3/c1-2-3-4-5-6-7-8-9-10-11-12-13-14-15-16-17-18-19-21(23)20-22(24)25/h16-19H,2-15,20H2,1H3,(H,24,25). The fourth-order valence-corrected chi connectivity index (χ4v) is 2.83. The molecule has 1 N–H and O–H groups in total. The van der Waals surface area contributed by atoms with Crippen molar-refractivity contribution in [3.05, 3.63) is 24.3 Å². The van der Waals surface area contributed by atoms with Crippen molar-refractivity contribution in [3.63, 3.8) is 0 Å². The number of rotatable bonds is 18. The van der Waals surface area contributed by atoms with Gasteiger partial charge in [0, 0.05) is 0 Å². The molecule has 0 aliphatic carbocycles. The second-order valence-corrected chi connectivity index (χ2v) is 6.86. The molecular weight excluding hydrogens is 312 g/mol. The summed E-state index contributed by atoms with van der Waals surface area (Å²) in [6.07, 6.45) is 25.1. The highest BCUT2D eigenvalue weighted by Gasteiger charge is 2.01. The third-order valence-corrected chi connectivity index (χ3v) is 4.33. The number of carboxylic acid groups (broad SMARTS) is 1. The molecule has 0 radical (unpaired) electrons. The van der Waals surface area contributed by atoms with Crippen LogP contribution < -0.4 is 0 Å². The van der Waals surface area contributed by atoms with Crippen molar-refractivity contribution in [3.8, 4) is 0 Å². The van der Waals surface area contributed by atoms with E-state index in [1.165, 1.54) is 89.5 Å². The molecule has 0 heterocycles. The Morgan fingerprint density at radius 1 is 0.720 bits per heavy atom. The zero-order chi connectivity index (χ0) is 18.6. The van der Waals surface area contributed by atoms with Crippen LogP contribution in [0.2, 0.25) is 0 Å². The SMILES string of the molecule is CCCCCCCCCCCCCCCC=CC=CC(=O)CC(=O)O. The van der Waals surface area contributed by atoms with Gasteiger partial charge in [-0.05, 0) is 18.9 Å². The number of aliphatic carboxylic acids is 1. The number of ketones is 1. The lowest BCUT2D eigenvalue weighted by molar-refractivity contribution is -0.139. The Labute approximate surface area is 154 Å². The van der Waals surface area contributed by atoms with E-state index in [0.29, 0.717) is 0 Å². The Balaban J connectivity index is 3.25. The zero-order valence-corrected chi connectivity index (χ0v) is 16.2. The molecule has 0 spiro atoms. The molecule has 144 valence electrons. The first kappa shape index (κ1) is 23.6. The Kier molecular flexibility index (Phi) is 17.9. The van der Waals surface area contributed by atoms with E-state index in [9.17, 15) is 9.59 Å². The molecule has 0 atom stereocenters. The Morgan fingerprint density at radius 3 is 1.68 bits per heavy atom. The summed E-state index contributed by atoms with van der Waals surface area (Å²) in [6.45, 7) is 2.26. The summed E-state index contributed by atoms with van der Waals surface area (Å²) in [6, 6.07) is 0. The molecule has 0 rings (SSSR count). The summed E-state index contributed by atoms with van der Waals surface area (Å²) in [5.41, 5.74) is 0. The molecule has 0 aromatic heterocycles. The maximum atomic E-state index is 11.1. The molecule has 0 aromatic carbocycles. The summed E-state index contributed by atoms with van der Waals surface area (Å²) < 4.78 is 0. The summed E-state index contributed by atoms with van der Waals surface area (Å²) in [4.78, 5) is 21.4. The molecule has 3 heteroatoms. The van der Waals surface area contributed by atoms with Crippen LogP contribution in [0.5, 0.6) is 0 Å². The van der Waals surface area contributed by atoms with Crippen LogP contribution in [0, 0.1) is 0 Å². The highest BCUT2D eigenvalue weighted by atomic mass is 16.4. The van der Waals surface area contributed by atoms with Crippen LogP contribution in [0.1, 0.15) is 103 Å². The van der Waals surface area contributed by atoms with E-state index in [4.69, 9.17) is 5.11 Å². The van der Waals surface area contributed by atoms with Gasteiger partial charge in [-0.15, -0.1) is 0 Å². The van der Waals surface area contributed by atoms with Gasteiger partial charge in [-0.2, -0.15) is 0 Å². The van der Waals surface area contributed by atoms with Crippen LogP contribution in [0.4, 0.5) is 0 Å². The van der Waals surface area contributed by atoms with Gasteiger partial charge in [-0.25, -0.2) is 0 Å². The second kappa shape index (κ2) is 19.0. The smallest absolute Gasteiger partial charge is 0.311 e. The summed E-state index contributed by atoms with van der Waals surface area (Å²) in [5, 5.41) is 8.45. The maximum Gasteiger partial charge on any atom is 0.311 e. The van der Waals surface area contributed by atoms with Gasteiger partial charge in [0.15, 0.2) is 5.78 Å². The molecule has 0 fully saturated rings. The average Bonchev–Trinajstić information content (AvgIpc) is 2.57. The van der Waals surface area contributed by atoms with Gasteiger partial charge in [-0.1, -0.05) is 102 Å². The van der Waals surface area contributed by atoms with Gasteiger partial charge < -0.3 is 5.11 Å². The van der Waals surface area contributed by atoms with Crippen molar-refractivity contribution in [1.29, 1.82) is 0 Å². The first-order chi connectivity index (χ1) is 12.2. The molecule has 0 aliphatic rings. The third kappa shape index (κ3) is 20.6. The van der Waals surface area contributed by atoms with E-state index in [-0.39, 0.29) is 5.78 Å². The summed E-state index contributed by atoms with van der Waals surface area (Å²) in [5.74, 6) is -1.44. The van der Waals surface area contributed by atoms with Crippen LogP contribution >= 0.6 is 0 Å². The number of hydrogen-bond acceptors (Lipinski definition) is 2. The predicted molar refractivity (Wildman–Crippen MR) is 106 cm³/mol. The minimum atomic E-state index is -1.08. The van der Waals surface area contributed by atoms with Gasteiger partial charge in [0.2, 0.25) is 0 Å². The van der Waals surface area contributed by atoms with Gasteiger partial charge in [0.25, 0.3) is 0 Å². The third-order valence-electron chi connectivity index (χ3n) is 4.33. The van der Waals surface area contributed by atoms with Crippen LogP contribution in [0.3, 0.4) is 0 Å². The van der Waals surface area contributed by atoms with Gasteiger partial charge >= 0.3 is 5.97 Å². The summed E-state index contributed by atoms with van der Waals surface area (Å²) in [7, 11) is 0. The lowest BCUT2D eigenvalue weighted by Crippen LogP contribution is -2.02. The number of allylic oxidation sites excluding steroid dienone is 4. The van der Waals surface area contributed by atoms with Crippen molar-refractivity contribution in [1.82, 2.24) is 0 Å². The van der Waals surface area contributed by atoms with E-state index in [1.807, 2.05) is 12.2 Å². The highest BCUT2D eigenvalue weighted by Crippen LogP contribution is 2.12. The molecule has 25 heavy (non-hydrogen) atoms. The van der Waals surface area contributed by atoms with Gasteiger partial charge in [0.05, 0.1) is 0 Å². The summed E-state index contributed by atoms with van der Waals surface area (Å²) >= 11 is 0. The zero-order valence-electron chi connectivity index (χ0n) is 16.2. The van der Waals surface area contributed by atoms with Gasteiger partial charge in [-0.3, -0.25) is 9.59 Å². The van der Waals surface area contributed by atoms with Crippen LogP contribution in [0.15, 0.2) is 24.3 Å². The molecule has 0 saturated carbocycles. The van der Waals surface area contributed by atoms with Gasteiger partial charge in [0.1, 0.15) is 6.42 Å². The molecule has 0 unspecified atom stereocenters. The molecule has 0 amide bonds. The second-order valence-electron chi connectivity index (χ2n) is 6.86. The van der Waals surface area contributed by atoms with E-state index < -0.39 is 12.4 Å². The lowest BCUT2D eigenvalue weighted by Gasteiger charge is -2.02. The fraction of sp³-hybridized carbons (Fsp3) is 0.727. The molecule has 0 saturated heterocycles. The normalized spacial score (nSPS) is 11.6. The Morgan fingerprint density at radius 2 is 1.20 bits per heavy atom. The van der Waals surface area contributed by atoms with Crippen LogP contribution in [-0.2, 0) is 9.59 Å². The highest BCUT2D eigenvalue weighted by molar-refractivity contribution is 6.01. The average molecular weight is 351 g/mol. The van der Waals surface area contributed by atoms with E-state index in [0.717, 1.165) is 6.42 Å². The van der Waals surface area contributed by atoms with Crippen molar-refractivity contribution in [2.75, 3.05) is 0 Å². The minimum Gasteiger partial charge on any atom is -0.481 e. The van der Waals surface area contributed by atoms with E-state index in [1.54, 1.807) is 6.08 Å². The number of carbonyl (C=O) groups excluding carboxylic acids is 1.